The lowest BCUT2D eigenvalue weighted by Crippen LogP contribution is -2.65. The zero-order chi connectivity index (χ0) is 32.2. The number of carbonyl (C=O) groups excluding carboxylic acids is 1. The van der Waals surface area contributed by atoms with Crippen LogP contribution >= 0.6 is 0 Å². The molecule has 2 amide bonds. The van der Waals surface area contributed by atoms with Crippen LogP contribution in [0.2, 0.25) is 0 Å². The number of rotatable bonds is 9. The van der Waals surface area contributed by atoms with Crippen molar-refractivity contribution in [2.75, 3.05) is 57.5 Å². The van der Waals surface area contributed by atoms with Gasteiger partial charge in [0.2, 0.25) is 11.8 Å². The number of amides is 2. The normalized spacial score (nSPS) is 26.1. The van der Waals surface area contributed by atoms with E-state index in [0.29, 0.717) is 57.4 Å². The Morgan fingerprint density at radius 2 is 1.73 bits per heavy atom. The van der Waals surface area contributed by atoms with Gasteiger partial charge in [-0.2, -0.15) is 0 Å². The molecular weight excluding hydrogens is 581 g/mol. The molecule has 0 aliphatic carbocycles. The van der Waals surface area contributed by atoms with Crippen LogP contribution in [0.4, 0.5) is 14.9 Å². The fourth-order valence-electron chi connectivity index (χ4n) is 6.54. The van der Waals surface area contributed by atoms with Crippen molar-refractivity contribution in [1.82, 2.24) is 19.7 Å². The van der Waals surface area contributed by atoms with Gasteiger partial charge in [-0.3, -0.25) is 19.5 Å². The number of carbonyl (C=O) groups is 2. The summed E-state index contributed by atoms with van der Waals surface area (Å²) in [5.74, 6) is -0.0416. The summed E-state index contributed by atoms with van der Waals surface area (Å²) in [5, 5.41) is 9.95. The first-order chi connectivity index (χ1) is 21.5. The molecule has 1 aromatic carbocycles. The predicted molar refractivity (Wildman–Crippen MR) is 167 cm³/mol. The predicted octanol–water partition coefficient (Wildman–Crippen LogP) is 3.49. The number of aromatic nitrogens is 1. The molecule has 1 aromatic heterocycles. The smallest absolute Gasteiger partial charge is 0.407 e. The minimum absolute atomic E-state index is 0.0295. The van der Waals surface area contributed by atoms with Crippen LogP contribution in [0.25, 0.3) is 0 Å². The van der Waals surface area contributed by atoms with Gasteiger partial charge in [0.15, 0.2) is 0 Å². The van der Waals surface area contributed by atoms with Crippen LogP contribution in [0.5, 0.6) is 5.88 Å². The van der Waals surface area contributed by atoms with E-state index in [-0.39, 0.29) is 61.2 Å². The van der Waals surface area contributed by atoms with Gasteiger partial charge >= 0.3 is 6.09 Å². The number of hydrogen-bond donors (Lipinski definition) is 1. The van der Waals surface area contributed by atoms with Gasteiger partial charge in [-0.1, -0.05) is 12.1 Å². The Bertz CT molecular complexity index is 1320. The lowest BCUT2D eigenvalue weighted by molar-refractivity contribution is -0.123. The number of halogens is 1. The first kappa shape index (κ1) is 33.1. The Morgan fingerprint density at radius 3 is 2.40 bits per heavy atom. The SMILES string of the molecule is CC(C)OC[C@H]1COc2ncc(Cc3ccc(F)cc3)cc2N1C(=O)CN1C[C@@H](C)N(C(=O)O)C[C@@H]1CN1[C@H](C)COC[C@H]1C. The number of hydrogen-bond acceptors (Lipinski definition) is 8. The van der Waals surface area contributed by atoms with Crippen molar-refractivity contribution in [1.29, 1.82) is 0 Å². The lowest BCUT2D eigenvalue weighted by Gasteiger charge is -2.48. The first-order valence-corrected chi connectivity index (χ1v) is 15.9. The van der Waals surface area contributed by atoms with Crippen LogP contribution in [-0.4, -0.2) is 126 Å². The highest BCUT2D eigenvalue weighted by molar-refractivity contribution is 5.97. The Morgan fingerprint density at radius 1 is 1.02 bits per heavy atom. The average Bonchev–Trinajstić information content (AvgIpc) is 2.99. The van der Waals surface area contributed by atoms with Gasteiger partial charge in [0.05, 0.1) is 38.5 Å². The molecule has 12 heteroatoms. The number of fused-ring (bicyclic) bond motifs is 1. The van der Waals surface area contributed by atoms with Gasteiger partial charge < -0.3 is 24.2 Å². The minimum Gasteiger partial charge on any atom is -0.474 e. The van der Waals surface area contributed by atoms with Crippen LogP contribution in [0.15, 0.2) is 36.5 Å². The van der Waals surface area contributed by atoms with Crippen LogP contribution in [0, 0.1) is 5.82 Å². The molecule has 0 radical (unpaired) electrons. The molecule has 11 nitrogen and oxygen atoms in total. The molecular formula is C33H46FN5O6. The molecule has 0 bridgehead atoms. The maximum atomic E-state index is 14.4. The molecule has 0 saturated carbocycles. The Balaban J connectivity index is 1.42. The van der Waals surface area contributed by atoms with Gasteiger partial charge in [0.1, 0.15) is 18.1 Å². The number of piperazine rings is 1. The van der Waals surface area contributed by atoms with Crippen molar-refractivity contribution in [2.24, 2.45) is 0 Å². The van der Waals surface area contributed by atoms with E-state index in [0.717, 1.165) is 11.1 Å². The summed E-state index contributed by atoms with van der Waals surface area (Å²) in [6.07, 6.45) is 1.26. The number of nitrogens with zero attached hydrogens (tertiary/aromatic N) is 5. The highest BCUT2D eigenvalue weighted by atomic mass is 19.1. The third kappa shape index (κ3) is 7.92. The van der Waals surface area contributed by atoms with Crippen LogP contribution in [0.3, 0.4) is 0 Å². The molecule has 45 heavy (non-hydrogen) atoms. The van der Waals surface area contributed by atoms with Crippen LogP contribution in [-0.2, 0) is 20.7 Å². The molecule has 4 heterocycles. The van der Waals surface area contributed by atoms with Gasteiger partial charge in [-0.15, -0.1) is 0 Å². The summed E-state index contributed by atoms with van der Waals surface area (Å²) >= 11 is 0. The molecule has 2 saturated heterocycles. The number of morpholine rings is 1. The molecule has 3 aliphatic rings. The highest BCUT2D eigenvalue weighted by Gasteiger charge is 2.41. The van der Waals surface area contributed by atoms with Crippen molar-refractivity contribution in [3.05, 3.63) is 53.5 Å². The van der Waals surface area contributed by atoms with Crippen molar-refractivity contribution in [3.63, 3.8) is 0 Å². The quantitative estimate of drug-likeness (QED) is 0.447. The maximum Gasteiger partial charge on any atom is 0.407 e. The summed E-state index contributed by atoms with van der Waals surface area (Å²) < 4.78 is 31.2. The third-order valence-corrected chi connectivity index (χ3v) is 8.95. The van der Waals surface area contributed by atoms with Gasteiger partial charge in [-0.25, -0.2) is 14.2 Å². The number of carboxylic acid groups (broad SMARTS) is 1. The Labute approximate surface area is 264 Å². The standard InChI is InChI=1S/C33H46FN5O6/c1-21(2)44-19-29-20-45-32-30(11-26(12-35-32)10-25-6-8-27(34)9-7-25)39(29)31(40)16-36-13-22(3)38(33(41)42)15-28(36)14-37-23(4)17-43-18-24(37)5/h6-9,11-12,21-24,28-29H,10,13-20H2,1-5H3,(H,41,42)/t22-,23-,24-,28+,29+/m1/s1. The maximum absolute atomic E-state index is 14.4. The molecule has 3 aliphatic heterocycles. The summed E-state index contributed by atoms with van der Waals surface area (Å²) in [5.41, 5.74) is 2.36. The van der Waals surface area contributed by atoms with Gasteiger partial charge in [-0.05, 0) is 70.4 Å². The highest BCUT2D eigenvalue weighted by Crippen LogP contribution is 2.34. The molecule has 0 spiro atoms. The van der Waals surface area contributed by atoms with Crippen molar-refractivity contribution in [3.8, 4) is 5.88 Å². The van der Waals surface area contributed by atoms with Gasteiger partial charge in [0, 0.05) is 50.0 Å². The van der Waals surface area contributed by atoms with Crippen molar-refractivity contribution < 1.29 is 33.3 Å². The Hall–Kier alpha value is -3.32. The van der Waals surface area contributed by atoms with Crippen LogP contribution < -0.4 is 9.64 Å². The molecule has 246 valence electrons. The first-order valence-electron chi connectivity index (χ1n) is 15.9. The Kier molecular flexibility index (Phi) is 10.6. The molecule has 0 unspecified atom stereocenters. The fourth-order valence-corrected chi connectivity index (χ4v) is 6.54. The second-order valence-corrected chi connectivity index (χ2v) is 12.9. The number of pyridine rings is 1. The number of anilines is 1. The topological polar surface area (TPSA) is 108 Å². The number of ether oxygens (including phenoxy) is 3. The van der Waals surface area contributed by atoms with E-state index in [1.54, 1.807) is 23.2 Å². The van der Waals surface area contributed by atoms with Crippen LogP contribution in [0.1, 0.15) is 45.7 Å². The largest absolute Gasteiger partial charge is 0.474 e. The fraction of sp³-hybridized carbons (Fsp3) is 0.606. The van der Waals surface area contributed by atoms with E-state index >= 15 is 0 Å². The van der Waals surface area contributed by atoms with E-state index in [1.165, 1.54) is 17.0 Å². The second-order valence-electron chi connectivity index (χ2n) is 12.9. The molecule has 2 fully saturated rings. The monoisotopic (exact) mass is 627 g/mol. The minimum atomic E-state index is -0.950. The molecule has 2 aromatic rings. The summed E-state index contributed by atoms with van der Waals surface area (Å²) in [6.45, 7) is 13.3. The average molecular weight is 628 g/mol. The number of benzene rings is 1. The van der Waals surface area contributed by atoms with Crippen molar-refractivity contribution in [2.45, 2.75) is 77.4 Å². The lowest BCUT2D eigenvalue weighted by atomic mass is 10.0. The molecule has 5 atom stereocenters. The van der Waals surface area contributed by atoms with Gasteiger partial charge in [0.25, 0.3) is 0 Å². The third-order valence-electron chi connectivity index (χ3n) is 8.95. The van der Waals surface area contributed by atoms with E-state index in [9.17, 15) is 19.1 Å². The zero-order valence-electron chi connectivity index (χ0n) is 26.9. The zero-order valence-corrected chi connectivity index (χ0v) is 26.9. The molecule has 5 rings (SSSR count). The molecule has 1 N–H and O–H groups in total. The van der Waals surface area contributed by atoms with E-state index in [2.05, 4.69) is 28.6 Å². The van der Waals surface area contributed by atoms with Crippen molar-refractivity contribution >= 4 is 17.7 Å². The van der Waals surface area contributed by atoms with E-state index < -0.39 is 6.09 Å². The summed E-state index contributed by atoms with van der Waals surface area (Å²) in [6, 6.07) is 7.79. The summed E-state index contributed by atoms with van der Waals surface area (Å²) in [4.78, 5) is 38.8. The van der Waals surface area contributed by atoms with E-state index in [4.69, 9.17) is 14.2 Å². The van der Waals surface area contributed by atoms with E-state index in [1.807, 2.05) is 26.8 Å². The second kappa shape index (κ2) is 14.4. The summed E-state index contributed by atoms with van der Waals surface area (Å²) in [7, 11) is 0.